The van der Waals surface area contributed by atoms with Crippen LogP contribution in [0, 0.1) is 17.3 Å². The molecule has 3 aliphatic rings. The number of hydrogen-bond acceptors (Lipinski definition) is 10. The second kappa shape index (κ2) is 18.5. The number of methoxy groups -OCH3 is 1. The van der Waals surface area contributed by atoms with E-state index in [1.54, 1.807) is 32.4 Å². The molecule has 0 saturated carbocycles. The normalized spacial score (nSPS) is 22.9. The number of pyridine rings is 1. The summed E-state index contributed by atoms with van der Waals surface area (Å²) in [7, 11) is 5.82. The monoisotopic (exact) mass is 850 g/mol. The Bertz CT molecular complexity index is 2290. The van der Waals surface area contributed by atoms with E-state index in [-0.39, 0.29) is 36.5 Å². The van der Waals surface area contributed by atoms with Crippen molar-refractivity contribution in [2.45, 2.75) is 104 Å². The van der Waals surface area contributed by atoms with Crippen LogP contribution in [0.5, 0.6) is 5.75 Å². The summed E-state index contributed by atoms with van der Waals surface area (Å²) in [4.78, 5) is 52.5. The predicted octanol–water partition coefficient (Wildman–Crippen LogP) is 6.19. The molecule has 6 bridgehead atoms. The van der Waals surface area contributed by atoms with Crippen molar-refractivity contribution in [2.24, 2.45) is 17.3 Å². The number of hydrogen-bond donors (Lipinski definition) is 3. The lowest BCUT2D eigenvalue weighted by atomic mass is 9.84. The van der Waals surface area contributed by atoms with Crippen LogP contribution in [0.2, 0.25) is 0 Å². The van der Waals surface area contributed by atoms with Gasteiger partial charge in [-0.3, -0.25) is 29.3 Å². The Balaban J connectivity index is 1.35. The molecule has 334 valence electrons. The van der Waals surface area contributed by atoms with Crippen LogP contribution >= 0.6 is 0 Å². The standard InChI is InChI=1S/C49H67N7O6/c1-10-55-42-14-13-34-23-38(42)39(44(55)40-26-50-17-15-35(40)29-61-9)25-48(4,5)30-62-46(59)41-12-11-18-56(52-41)47(60)49(6,24-33-20-36(34)22-37(57)21-33)51-45(58)43(31(2)3)54(8)28-32-16-19-53(7)27-32/h13-15,17,20-23,26,31-32,41,43,52,57H,10-12,16,18-19,24-25,27-30H2,1-9H3,(H,51,58)/t32-,41-,43-,49-/m0/s1. The van der Waals surface area contributed by atoms with Gasteiger partial charge in [-0.25, -0.2) is 5.43 Å². The lowest BCUT2D eigenvalue weighted by Gasteiger charge is -2.41. The summed E-state index contributed by atoms with van der Waals surface area (Å²) in [5.41, 5.74) is 8.80. The van der Waals surface area contributed by atoms with Gasteiger partial charge in [0.25, 0.3) is 5.91 Å². The molecule has 2 saturated heterocycles. The summed E-state index contributed by atoms with van der Waals surface area (Å²) in [5, 5.41) is 17.1. The van der Waals surface area contributed by atoms with Crippen molar-refractivity contribution < 1.29 is 29.0 Å². The van der Waals surface area contributed by atoms with E-state index in [9.17, 15) is 19.5 Å². The number of aromatic hydroxyl groups is 1. The van der Waals surface area contributed by atoms with Crippen molar-refractivity contribution in [3.8, 4) is 28.1 Å². The van der Waals surface area contributed by atoms with E-state index in [4.69, 9.17) is 9.47 Å². The molecule has 62 heavy (non-hydrogen) atoms. The number of esters is 1. The molecule has 2 amide bonds. The SMILES string of the molecule is CCn1c(-c2cnccc2COC)c2c3cc(ccc31)-c1cc(O)cc(c1)C[C@](C)(NC(=O)[C@H](C(C)C)N(C)C[C@H]1CCN(C)C1)C(=O)N1CCC[C@H](N1)C(=O)OCC(C)(C)C2. The van der Waals surface area contributed by atoms with E-state index in [1.165, 1.54) is 5.01 Å². The molecular weight excluding hydrogens is 783 g/mol. The van der Waals surface area contributed by atoms with Crippen molar-refractivity contribution in [3.63, 3.8) is 0 Å². The maximum absolute atomic E-state index is 15.0. The predicted molar refractivity (Wildman–Crippen MR) is 242 cm³/mol. The van der Waals surface area contributed by atoms with E-state index < -0.39 is 29.0 Å². The highest BCUT2D eigenvalue weighted by atomic mass is 16.5. The van der Waals surface area contributed by atoms with Crippen LogP contribution in [0.1, 0.15) is 77.5 Å². The first-order valence-electron chi connectivity index (χ1n) is 22.4. The van der Waals surface area contributed by atoms with Crippen molar-refractivity contribution in [3.05, 3.63) is 71.5 Å². The third-order valence-electron chi connectivity index (χ3n) is 13.1. The number of benzene rings is 2. The minimum absolute atomic E-state index is 0.0338. The molecule has 5 heterocycles. The molecule has 0 unspecified atom stereocenters. The quantitative estimate of drug-likeness (QED) is 0.158. The molecular formula is C49H67N7O6. The molecule has 7 rings (SSSR count). The number of ether oxygens (including phenoxy) is 2. The fourth-order valence-corrected chi connectivity index (χ4v) is 10.2. The van der Waals surface area contributed by atoms with Crippen LogP contribution in [-0.4, -0.2) is 119 Å². The number of carbonyl (C=O) groups excluding carboxylic acids is 3. The Morgan fingerprint density at radius 2 is 1.87 bits per heavy atom. The van der Waals surface area contributed by atoms with Crippen LogP contribution in [0.3, 0.4) is 0 Å². The zero-order valence-electron chi connectivity index (χ0n) is 38.2. The number of aryl methyl sites for hydroxylation is 1. The van der Waals surface area contributed by atoms with Crippen LogP contribution in [0.15, 0.2) is 54.9 Å². The zero-order valence-corrected chi connectivity index (χ0v) is 38.2. The fourth-order valence-electron chi connectivity index (χ4n) is 10.2. The van der Waals surface area contributed by atoms with Crippen LogP contribution in [0.25, 0.3) is 33.3 Å². The highest BCUT2D eigenvalue weighted by molar-refractivity contribution is 5.96. The third-order valence-corrected chi connectivity index (χ3v) is 13.1. The number of hydrazine groups is 1. The average Bonchev–Trinajstić information content (AvgIpc) is 3.77. The van der Waals surface area contributed by atoms with E-state index in [0.29, 0.717) is 50.4 Å². The van der Waals surface area contributed by atoms with Crippen molar-refractivity contribution in [1.29, 1.82) is 0 Å². The van der Waals surface area contributed by atoms with E-state index >= 15 is 0 Å². The maximum Gasteiger partial charge on any atom is 0.324 e. The minimum Gasteiger partial charge on any atom is -0.508 e. The molecule has 4 aromatic rings. The Kier molecular flexibility index (Phi) is 13.5. The highest BCUT2D eigenvalue weighted by Crippen LogP contribution is 2.41. The summed E-state index contributed by atoms with van der Waals surface area (Å²) < 4.78 is 14.1. The number of fused-ring (bicyclic) bond motifs is 6. The van der Waals surface area contributed by atoms with Crippen molar-refractivity contribution in [2.75, 3.05) is 54.0 Å². The van der Waals surface area contributed by atoms with E-state index in [1.807, 2.05) is 39.2 Å². The molecule has 2 aromatic heterocycles. The maximum atomic E-state index is 15.0. The lowest BCUT2D eigenvalue weighted by molar-refractivity contribution is -0.157. The second-order valence-electron chi connectivity index (χ2n) is 19.4. The van der Waals surface area contributed by atoms with Gasteiger partial charge >= 0.3 is 5.97 Å². The van der Waals surface area contributed by atoms with Crippen molar-refractivity contribution >= 4 is 28.7 Å². The first-order chi connectivity index (χ1) is 29.5. The number of phenolic OH excluding ortho intramolecular Hbond substituents is 1. The lowest BCUT2D eigenvalue weighted by Crippen LogP contribution is -2.67. The molecule has 0 spiro atoms. The Labute approximate surface area is 367 Å². The molecule has 3 aliphatic heterocycles. The summed E-state index contributed by atoms with van der Waals surface area (Å²) >= 11 is 0. The first-order valence-corrected chi connectivity index (χ1v) is 22.4. The van der Waals surface area contributed by atoms with Gasteiger partial charge in [-0.1, -0.05) is 39.8 Å². The third kappa shape index (κ3) is 9.56. The summed E-state index contributed by atoms with van der Waals surface area (Å²) in [6.07, 6.45) is 6.51. The molecule has 0 aliphatic carbocycles. The number of likely N-dealkylation sites (tertiary alicyclic amines) is 1. The minimum atomic E-state index is -1.45. The zero-order chi connectivity index (χ0) is 44.5. The van der Waals surface area contributed by atoms with Crippen molar-refractivity contribution in [1.82, 2.24) is 35.1 Å². The molecule has 0 radical (unpaired) electrons. The summed E-state index contributed by atoms with van der Waals surface area (Å²) in [6, 6.07) is 12.6. The molecule has 13 nitrogen and oxygen atoms in total. The number of nitrogens with zero attached hydrogens (tertiary/aromatic N) is 5. The number of cyclic esters (lactones) is 1. The molecule has 2 fully saturated rings. The van der Waals surface area contributed by atoms with E-state index in [2.05, 4.69) is 76.1 Å². The number of amides is 2. The number of rotatable bonds is 10. The first kappa shape index (κ1) is 45.2. The van der Waals surface area contributed by atoms with Crippen LogP contribution in [0.4, 0.5) is 0 Å². The van der Waals surface area contributed by atoms with Gasteiger partial charge in [0, 0.05) is 74.0 Å². The van der Waals surface area contributed by atoms with Gasteiger partial charge in [0.1, 0.15) is 17.3 Å². The number of nitrogens with one attached hydrogen (secondary N) is 2. The molecule has 13 heteroatoms. The average molecular weight is 850 g/mol. The van der Waals surface area contributed by atoms with Crippen LogP contribution in [-0.2, 0) is 49.9 Å². The second-order valence-corrected chi connectivity index (χ2v) is 19.4. The van der Waals surface area contributed by atoms with Gasteiger partial charge in [0.05, 0.1) is 24.9 Å². The van der Waals surface area contributed by atoms with Gasteiger partial charge in [-0.15, -0.1) is 0 Å². The topological polar surface area (TPSA) is 141 Å². The number of phenols is 1. The number of carbonyl (C=O) groups is 3. The van der Waals surface area contributed by atoms with Crippen LogP contribution < -0.4 is 10.7 Å². The molecule has 2 aromatic carbocycles. The molecule has 4 atom stereocenters. The Hall–Kier alpha value is -4.82. The highest BCUT2D eigenvalue weighted by Gasteiger charge is 2.44. The van der Waals surface area contributed by atoms with Gasteiger partial charge < -0.3 is 29.4 Å². The Morgan fingerprint density at radius 1 is 1.08 bits per heavy atom. The summed E-state index contributed by atoms with van der Waals surface area (Å²) in [5.74, 6) is -0.551. The Morgan fingerprint density at radius 3 is 2.58 bits per heavy atom. The fraction of sp³-hybridized carbons (Fsp3) is 0.551. The van der Waals surface area contributed by atoms with Gasteiger partial charge in [-0.05, 0) is 130 Å². The van der Waals surface area contributed by atoms with Gasteiger partial charge in [0.15, 0.2) is 0 Å². The van der Waals surface area contributed by atoms with E-state index in [0.717, 1.165) is 70.5 Å². The van der Waals surface area contributed by atoms with Gasteiger partial charge in [-0.2, -0.15) is 0 Å². The molecule has 3 N–H and O–H groups in total. The number of likely N-dealkylation sites (N-methyl/N-ethyl adjacent to an activating group) is 1. The largest absolute Gasteiger partial charge is 0.508 e. The summed E-state index contributed by atoms with van der Waals surface area (Å²) in [6.45, 7) is 16.6. The van der Waals surface area contributed by atoms with Gasteiger partial charge in [0.2, 0.25) is 5.91 Å². The number of aromatic nitrogens is 2. The smallest absolute Gasteiger partial charge is 0.324 e.